The van der Waals surface area contributed by atoms with Crippen LogP contribution in [0.25, 0.3) is 11.4 Å². The molecule has 2 aromatic rings. The number of benzene rings is 1. The summed E-state index contributed by atoms with van der Waals surface area (Å²) in [5.74, 6) is 1.49. The van der Waals surface area contributed by atoms with Gasteiger partial charge in [-0.15, -0.1) is 0 Å². The lowest BCUT2D eigenvalue weighted by molar-refractivity contribution is 0.277. The van der Waals surface area contributed by atoms with Crippen molar-refractivity contribution in [1.29, 1.82) is 0 Å². The van der Waals surface area contributed by atoms with Crippen LogP contribution in [-0.2, 0) is 5.41 Å². The van der Waals surface area contributed by atoms with Gasteiger partial charge in [0.05, 0.1) is 5.41 Å². The maximum atomic E-state index is 5.60. The van der Waals surface area contributed by atoms with Gasteiger partial charge in [-0.05, 0) is 32.4 Å². The Bertz CT molecular complexity index is 585. The lowest BCUT2D eigenvalue weighted by Gasteiger charge is -2.22. The minimum atomic E-state index is 0.0316. The van der Waals surface area contributed by atoms with Crippen molar-refractivity contribution in [1.82, 2.24) is 15.5 Å². The third kappa shape index (κ3) is 2.36. The van der Waals surface area contributed by atoms with E-state index in [1.165, 1.54) is 5.56 Å². The molecule has 1 unspecified atom stereocenters. The summed E-state index contributed by atoms with van der Waals surface area (Å²) in [7, 11) is 0. The quantitative estimate of drug-likeness (QED) is 0.928. The Morgan fingerprint density at radius 2 is 2.30 bits per heavy atom. The van der Waals surface area contributed by atoms with Crippen LogP contribution >= 0.6 is 0 Å². The predicted octanol–water partition coefficient (Wildman–Crippen LogP) is 3.08. The van der Waals surface area contributed by atoms with Crippen molar-refractivity contribution in [3.63, 3.8) is 0 Å². The molecule has 1 N–H and O–H groups in total. The predicted molar refractivity (Wildman–Crippen MR) is 78.5 cm³/mol. The largest absolute Gasteiger partial charge is 0.338 e. The fourth-order valence-corrected chi connectivity index (χ4v) is 3.07. The molecule has 0 radical (unpaired) electrons. The van der Waals surface area contributed by atoms with Crippen molar-refractivity contribution in [3.05, 3.63) is 35.7 Å². The molecule has 106 valence electrons. The van der Waals surface area contributed by atoms with Crippen LogP contribution in [0, 0.1) is 6.92 Å². The van der Waals surface area contributed by atoms with Gasteiger partial charge in [0.1, 0.15) is 0 Å². The van der Waals surface area contributed by atoms with Crippen LogP contribution in [0.3, 0.4) is 0 Å². The molecule has 1 aromatic heterocycles. The first-order valence-electron chi connectivity index (χ1n) is 7.35. The van der Waals surface area contributed by atoms with Crippen molar-refractivity contribution in [2.45, 2.75) is 38.5 Å². The van der Waals surface area contributed by atoms with Crippen molar-refractivity contribution in [3.8, 4) is 11.4 Å². The fraction of sp³-hybridized carbons (Fsp3) is 0.500. The van der Waals surface area contributed by atoms with Gasteiger partial charge in [-0.3, -0.25) is 0 Å². The summed E-state index contributed by atoms with van der Waals surface area (Å²) < 4.78 is 5.60. The minimum absolute atomic E-state index is 0.0316. The highest BCUT2D eigenvalue weighted by atomic mass is 16.5. The van der Waals surface area contributed by atoms with Gasteiger partial charge in [0.15, 0.2) is 0 Å². The third-order valence-corrected chi connectivity index (χ3v) is 4.13. The number of nitrogens with zero attached hydrogens (tertiary/aromatic N) is 2. The molecule has 1 atom stereocenters. The molecule has 0 spiro atoms. The number of aryl methyl sites for hydroxylation is 1. The van der Waals surface area contributed by atoms with Crippen molar-refractivity contribution >= 4 is 0 Å². The molecule has 0 amide bonds. The highest BCUT2D eigenvalue weighted by molar-refractivity contribution is 5.55. The Kier molecular flexibility index (Phi) is 3.57. The smallest absolute Gasteiger partial charge is 0.234 e. The Morgan fingerprint density at radius 1 is 1.40 bits per heavy atom. The summed E-state index contributed by atoms with van der Waals surface area (Å²) in [5.41, 5.74) is 2.27. The van der Waals surface area contributed by atoms with Gasteiger partial charge in [-0.2, -0.15) is 4.98 Å². The molecule has 1 saturated heterocycles. The van der Waals surface area contributed by atoms with Gasteiger partial charge in [-0.1, -0.05) is 42.3 Å². The summed E-state index contributed by atoms with van der Waals surface area (Å²) in [6, 6.07) is 8.22. The van der Waals surface area contributed by atoms with Crippen molar-refractivity contribution < 1.29 is 4.52 Å². The second kappa shape index (κ2) is 5.37. The average molecular weight is 271 g/mol. The number of hydrogen-bond acceptors (Lipinski definition) is 4. The first-order valence-corrected chi connectivity index (χ1v) is 7.35. The van der Waals surface area contributed by atoms with Crippen LogP contribution in [0.2, 0.25) is 0 Å². The van der Waals surface area contributed by atoms with E-state index in [2.05, 4.69) is 41.4 Å². The van der Waals surface area contributed by atoms with Crippen LogP contribution in [0.4, 0.5) is 0 Å². The molecule has 4 heteroatoms. The summed E-state index contributed by atoms with van der Waals surface area (Å²) in [5, 5.41) is 7.61. The van der Waals surface area contributed by atoms with Gasteiger partial charge < -0.3 is 9.84 Å². The molecule has 1 fully saturated rings. The molecular formula is C16H21N3O. The van der Waals surface area contributed by atoms with E-state index < -0.39 is 0 Å². The zero-order valence-electron chi connectivity index (χ0n) is 12.1. The van der Waals surface area contributed by atoms with Crippen LogP contribution in [0.5, 0.6) is 0 Å². The maximum Gasteiger partial charge on any atom is 0.234 e. The van der Waals surface area contributed by atoms with E-state index in [1.54, 1.807) is 0 Å². The Hall–Kier alpha value is -1.68. The summed E-state index contributed by atoms with van der Waals surface area (Å²) in [4.78, 5) is 4.68. The molecular weight excluding hydrogens is 250 g/mol. The minimum Gasteiger partial charge on any atom is -0.338 e. The highest BCUT2D eigenvalue weighted by Gasteiger charge is 2.40. The molecule has 20 heavy (non-hydrogen) atoms. The first kappa shape index (κ1) is 13.3. The fourth-order valence-electron chi connectivity index (χ4n) is 3.07. The van der Waals surface area contributed by atoms with Gasteiger partial charge in [0.25, 0.3) is 0 Å². The summed E-state index contributed by atoms with van der Waals surface area (Å²) >= 11 is 0. The van der Waals surface area contributed by atoms with Crippen LogP contribution in [-0.4, -0.2) is 23.2 Å². The van der Waals surface area contributed by atoms with Crippen LogP contribution in [0.1, 0.15) is 37.6 Å². The lowest BCUT2D eigenvalue weighted by Crippen LogP contribution is -2.29. The van der Waals surface area contributed by atoms with Gasteiger partial charge in [-0.25, -0.2) is 0 Å². The molecule has 0 aliphatic carbocycles. The van der Waals surface area contributed by atoms with Crippen LogP contribution < -0.4 is 5.32 Å². The van der Waals surface area contributed by atoms with Crippen molar-refractivity contribution in [2.75, 3.05) is 13.1 Å². The number of nitrogens with one attached hydrogen (secondary N) is 1. The topological polar surface area (TPSA) is 51.0 Å². The Labute approximate surface area is 119 Å². The number of hydrogen-bond donors (Lipinski definition) is 1. The molecule has 2 heterocycles. The third-order valence-electron chi connectivity index (χ3n) is 4.13. The van der Waals surface area contributed by atoms with Gasteiger partial charge >= 0.3 is 0 Å². The zero-order chi connectivity index (χ0) is 14.0. The SMILES string of the molecule is CCCC1(c2nc(-c3cccc(C)c3)no2)CCNC1. The summed E-state index contributed by atoms with van der Waals surface area (Å²) in [6.07, 6.45) is 3.30. The second-order valence-corrected chi connectivity index (χ2v) is 5.75. The lowest BCUT2D eigenvalue weighted by atomic mass is 9.82. The van der Waals surface area contributed by atoms with E-state index in [1.807, 2.05) is 12.1 Å². The van der Waals surface area contributed by atoms with E-state index in [-0.39, 0.29) is 5.41 Å². The normalized spacial score (nSPS) is 22.3. The monoisotopic (exact) mass is 271 g/mol. The van der Waals surface area contributed by atoms with E-state index >= 15 is 0 Å². The van der Waals surface area contributed by atoms with E-state index in [9.17, 15) is 0 Å². The first-order chi connectivity index (χ1) is 9.73. The number of aromatic nitrogens is 2. The van der Waals surface area contributed by atoms with E-state index in [4.69, 9.17) is 4.52 Å². The maximum absolute atomic E-state index is 5.60. The summed E-state index contributed by atoms with van der Waals surface area (Å²) in [6.45, 7) is 6.25. The van der Waals surface area contributed by atoms with E-state index in [0.717, 1.165) is 43.8 Å². The van der Waals surface area contributed by atoms with Gasteiger partial charge in [0, 0.05) is 12.1 Å². The van der Waals surface area contributed by atoms with E-state index in [0.29, 0.717) is 5.82 Å². The average Bonchev–Trinajstić information content (AvgIpc) is 3.08. The van der Waals surface area contributed by atoms with Crippen molar-refractivity contribution in [2.24, 2.45) is 0 Å². The molecule has 1 aromatic carbocycles. The standard InChI is InChI=1S/C16H21N3O/c1-3-7-16(8-9-17-11-16)15-18-14(19-20-15)13-6-4-5-12(2)10-13/h4-6,10,17H,3,7-9,11H2,1-2H3. The second-order valence-electron chi connectivity index (χ2n) is 5.75. The Balaban J connectivity index is 1.93. The number of rotatable bonds is 4. The Morgan fingerprint density at radius 3 is 3.00 bits per heavy atom. The molecule has 1 aliphatic rings. The molecule has 0 bridgehead atoms. The molecule has 3 rings (SSSR count). The van der Waals surface area contributed by atoms with Gasteiger partial charge in [0.2, 0.25) is 11.7 Å². The zero-order valence-corrected chi connectivity index (χ0v) is 12.1. The molecule has 1 aliphatic heterocycles. The van der Waals surface area contributed by atoms with Crippen LogP contribution in [0.15, 0.2) is 28.8 Å². The molecule has 0 saturated carbocycles. The molecule has 4 nitrogen and oxygen atoms in total. The highest BCUT2D eigenvalue weighted by Crippen LogP contribution is 2.35.